The maximum atomic E-state index is 14.2. The van der Waals surface area contributed by atoms with Crippen molar-refractivity contribution in [2.75, 3.05) is 38.2 Å². The van der Waals surface area contributed by atoms with Crippen LogP contribution in [0.5, 0.6) is 5.75 Å². The summed E-state index contributed by atoms with van der Waals surface area (Å²) in [5.41, 5.74) is 1.95. The molecule has 1 aliphatic heterocycles. The van der Waals surface area contributed by atoms with E-state index < -0.39 is 11.4 Å². The first-order valence-electron chi connectivity index (χ1n) is 11.7. The summed E-state index contributed by atoms with van der Waals surface area (Å²) >= 11 is 0. The number of benzene rings is 2. The Morgan fingerprint density at radius 1 is 1.14 bits per heavy atom. The SMILES string of the molecule is COc1cc2c(Cc3cccc(C(=O)N4CCN(c5ccc(C#N)cn5)CC4)c3)n[nH]c(=O)c2cc1F. The topological polar surface area (TPSA) is 115 Å². The van der Waals surface area contributed by atoms with Crippen molar-refractivity contribution >= 4 is 22.5 Å². The first kappa shape index (κ1) is 23.9. The molecule has 10 heteroatoms. The van der Waals surface area contributed by atoms with E-state index in [-0.39, 0.29) is 17.0 Å². The van der Waals surface area contributed by atoms with Gasteiger partial charge in [0.1, 0.15) is 11.9 Å². The molecule has 2 aromatic carbocycles. The molecule has 2 aromatic heterocycles. The van der Waals surface area contributed by atoms with E-state index in [1.807, 2.05) is 24.3 Å². The monoisotopic (exact) mass is 498 g/mol. The Balaban J connectivity index is 1.32. The van der Waals surface area contributed by atoms with Crippen LogP contribution in [0, 0.1) is 17.1 Å². The van der Waals surface area contributed by atoms with Gasteiger partial charge in [0.25, 0.3) is 11.5 Å². The van der Waals surface area contributed by atoms with Gasteiger partial charge >= 0.3 is 0 Å². The van der Waals surface area contributed by atoms with Gasteiger partial charge in [-0.2, -0.15) is 10.4 Å². The number of halogens is 1. The van der Waals surface area contributed by atoms with E-state index in [9.17, 15) is 14.0 Å². The van der Waals surface area contributed by atoms with Crippen molar-refractivity contribution in [1.29, 1.82) is 5.26 Å². The molecule has 9 nitrogen and oxygen atoms in total. The minimum Gasteiger partial charge on any atom is -0.494 e. The minimum atomic E-state index is -0.625. The Morgan fingerprint density at radius 2 is 1.95 bits per heavy atom. The highest BCUT2D eigenvalue weighted by atomic mass is 19.1. The highest BCUT2D eigenvalue weighted by Crippen LogP contribution is 2.26. The number of aromatic amines is 1. The Kier molecular flexibility index (Phi) is 6.51. The molecule has 1 amide bonds. The molecule has 1 fully saturated rings. The minimum absolute atomic E-state index is 0.0282. The fraction of sp³-hybridized carbons (Fsp3) is 0.222. The normalized spacial score (nSPS) is 13.4. The van der Waals surface area contributed by atoms with Crippen LogP contribution < -0.4 is 15.2 Å². The second kappa shape index (κ2) is 10.1. The zero-order valence-electron chi connectivity index (χ0n) is 20.1. The molecule has 3 heterocycles. The molecule has 5 rings (SSSR count). The number of methoxy groups -OCH3 is 1. The molecule has 0 atom stereocenters. The largest absolute Gasteiger partial charge is 0.494 e. The van der Waals surface area contributed by atoms with E-state index in [0.29, 0.717) is 54.8 Å². The molecule has 4 aromatic rings. The summed E-state index contributed by atoms with van der Waals surface area (Å²) in [6.45, 7) is 2.36. The predicted molar refractivity (Wildman–Crippen MR) is 135 cm³/mol. The van der Waals surface area contributed by atoms with Gasteiger partial charge in [0.2, 0.25) is 0 Å². The standard InChI is InChI=1S/C27H23FN6O3/c1-37-24-14-20-21(13-22(24)28)26(35)32-31-23(20)12-17-3-2-4-19(11-17)27(36)34-9-7-33(8-10-34)25-6-5-18(15-29)16-30-25/h2-6,11,13-14,16H,7-10,12H2,1H3,(H,32,35). The molecule has 37 heavy (non-hydrogen) atoms. The molecular formula is C27H23FN6O3. The first-order chi connectivity index (χ1) is 18.0. The molecule has 186 valence electrons. The van der Waals surface area contributed by atoms with Crippen molar-refractivity contribution in [2.45, 2.75) is 6.42 Å². The zero-order valence-corrected chi connectivity index (χ0v) is 20.1. The van der Waals surface area contributed by atoms with E-state index in [4.69, 9.17) is 10.00 Å². The lowest BCUT2D eigenvalue weighted by molar-refractivity contribution is 0.0746. The number of piperazine rings is 1. The maximum absolute atomic E-state index is 14.2. The van der Waals surface area contributed by atoms with Gasteiger partial charge < -0.3 is 14.5 Å². The summed E-state index contributed by atoms with van der Waals surface area (Å²) in [7, 11) is 1.36. The van der Waals surface area contributed by atoms with E-state index >= 15 is 0 Å². The van der Waals surface area contributed by atoms with Crippen LogP contribution in [0.1, 0.15) is 27.2 Å². The quantitative estimate of drug-likeness (QED) is 0.450. The van der Waals surface area contributed by atoms with Gasteiger partial charge in [0.15, 0.2) is 11.6 Å². The van der Waals surface area contributed by atoms with Crippen LogP contribution in [0.3, 0.4) is 0 Å². The second-order valence-electron chi connectivity index (χ2n) is 8.71. The summed E-state index contributed by atoms with van der Waals surface area (Å²) in [6, 6.07) is 15.5. The second-order valence-corrected chi connectivity index (χ2v) is 8.71. The number of amides is 1. The first-order valence-corrected chi connectivity index (χ1v) is 11.7. The molecule has 1 N–H and O–H groups in total. The molecule has 0 unspecified atom stereocenters. The highest BCUT2D eigenvalue weighted by molar-refractivity contribution is 5.94. The van der Waals surface area contributed by atoms with Crippen LogP contribution in [0.2, 0.25) is 0 Å². The van der Waals surface area contributed by atoms with Crippen LogP contribution >= 0.6 is 0 Å². The molecule has 0 spiro atoms. The van der Waals surface area contributed by atoms with Crippen molar-refractivity contribution in [3.8, 4) is 11.8 Å². The summed E-state index contributed by atoms with van der Waals surface area (Å²) in [5.74, 6) is 0.114. The molecule has 0 bridgehead atoms. The number of ether oxygens (including phenoxy) is 1. The smallest absolute Gasteiger partial charge is 0.272 e. The molecule has 0 radical (unpaired) electrons. The summed E-state index contributed by atoms with van der Waals surface area (Å²) in [5, 5.41) is 16.2. The number of H-pyrrole nitrogens is 1. The van der Waals surface area contributed by atoms with Gasteiger partial charge in [-0.05, 0) is 42.0 Å². The van der Waals surface area contributed by atoms with Crippen molar-refractivity contribution in [2.24, 2.45) is 0 Å². The van der Waals surface area contributed by atoms with Crippen molar-refractivity contribution in [3.05, 3.63) is 93.3 Å². The number of nitriles is 1. The fourth-order valence-corrected chi connectivity index (χ4v) is 4.48. The van der Waals surface area contributed by atoms with Gasteiger partial charge in [-0.3, -0.25) is 9.59 Å². The van der Waals surface area contributed by atoms with Crippen LogP contribution in [0.25, 0.3) is 10.8 Å². The molecule has 0 saturated carbocycles. The Morgan fingerprint density at radius 3 is 2.65 bits per heavy atom. The average Bonchev–Trinajstić information content (AvgIpc) is 2.94. The Labute approximate surface area is 211 Å². The van der Waals surface area contributed by atoms with E-state index in [1.165, 1.54) is 13.2 Å². The van der Waals surface area contributed by atoms with Crippen LogP contribution in [0.4, 0.5) is 10.2 Å². The summed E-state index contributed by atoms with van der Waals surface area (Å²) in [4.78, 5) is 33.7. The lowest BCUT2D eigenvalue weighted by Crippen LogP contribution is -2.49. The Bertz CT molecular complexity index is 1570. The van der Waals surface area contributed by atoms with Gasteiger partial charge in [0.05, 0.1) is 23.8 Å². The number of fused-ring (bicyclic) bond motifs is 1. The number of nitrogens with one attached hydrogen (secondary N) is 1. The number of nitrogens with zero attached hydrogens (tertiary/aromatic N) is 5. The Hall–Kier alpha value is -4.78. The van der Waals surface area contributed by atoms with Gasteiger partial charge in [-0.25, -0.2) is 14.5 Å². The van der Waals surface area contributed by atoms with Crippen molar-refractivity contribution in [1.82, 2.24) is 20.1 Å². The van der Waals surface area contributed by atoms with E-state index in [2.05, 4.69) is 26.2 Å². The van der Waals surface area contributed by atoms with Gasteiger partial charge in [0, 0.05) is 49.7 Å². The third kappa shape index (κ3) is 4.84. The van der Waals surface area contributed by atoms with Gasteiger partial charge in [-0.1, -0.05) is 12.1 Å². The van der Waals surface area contributed by atoms with Crippen LogP contribution in [-0.2, 0) is 6.42 Å². The molecule has 0 aliphatic carbocycles. The third-order valence-electron chi connectivity index (χ3n) is 6.45. The summed E-state index contributed by atoms with van der Waals surface area (Å²) in [6.07, 6.45) is 1.88. The number of aromatic nitrogens is 3. The number of anilines is 1. The van der Waals surface area contributed by atoms with Crippen molar-refractivity contribution < 1.29 is 13.9 Å². The van der Waals surface area contributed by atoms with Gasteiger partial charge in [-0.15, -0.1) is 0 Å². The third-order valence-corrected chi connectivity index (χ3v) is 6.45. The maximum Gasteiger partial charge on any atom is 0.272 e. The van der Waals surface area contributed by atoms with Crippen LogP contribution in [-0.4, -0.2) is 59.3 Å². The highest BCUT2D eigenvalue weighted by Gasteiger charge is 2.23. The van der Waals surface area contributed by atoms with Crippen molar-refractivity contribution in [3.63, 3.8) is 0 Å². The lowest BCUT2D eigenvalue weighted by Gasteiger charge is -2.35. The average molecular weight is 499 g/mol. The van der Waals surface area contributed by atoms with E-state index in [0.717, 1.165) is 17.4 Å². The zero-order chi connectivity index (χ0) is 25.9. The number of pyridine rings is 1. The van der Waals surface area contributed by atoms with E-state index in [1.54, 1.807) is 23.2 Å². The summed E-state index contributed by atoms with van der Waals surface area (Å²) < 4.78 is 19.2. The number of carbonyl (C=O) groups is 1. The predicted octanol–water partition coefficient (Wildman–Crippen LogP) is 2.89. The number of hydrogen-bond acceptors (Lipinski definition) is 7. The fourth-order valence-electron chi connectivity index (χ4n) is 4.48. The molecular weight excluding hydrogens is 475 g/mol. The van der Waals surface area contributed by atoms with Crippen LogP contribution in [0.15, 0.2) is 59.5 Å². The molecule has 1 saturated heterocycles. The lowest BCUT2D eigenvalue weighted by atomic mass is 10.0. The number of carbonyl (C=O) groups excluding carboxylic acids is 1. The molecule has 1 aliphatic rings. The number of rotatable bonds is 5. The number of hydrogen-bond donors (Lipinski definition) is 1.